The van der Waals surface area contributed by atoms with Gasteiger partial charge in [-0.25, -0.2) is 13.8 Å². The van der Waals surface area contributed by atoms with Gasteiger partial charge in [0, 0.05) is 24.2 Å². The third kappa shape index (κ3) is 5.63. The predicted molar refractivity (Wildman–Crippen MR) is 99.7 cm³/mol. The standard InChI is InChI=1S/C19H18ClF2N3O3/c20-14-7-11(1-4-15(14)28-10-16(21)22)9-24-18(26)13-5-6-23-17(8-13)25-19(27)12-2-3-12/h1,4-8,12,16H,2-3,9-10H2,(H,24,26)(H,23,25,27). The van der Waals surface area contributed by atoms with Crippen LogP contribution >= 0.6 is 11.6 Å². The minimum absolute atomic E-state index is 0.0386. The van der Waals surface area contributed by atoms with E-state index >= 15 is 0 Å². The fourth-order valence-electron chi connectivity index (χ4n) is 2.42. The summed E-state index contributed by atoms with van der Waals surface area (Å²) in [4.78, 5) is 28.2. The quantitative estimate of drug-likeness (QED) is 0.697. The Bertz CT molecular complexity index is 875. The van der Waals surface area contributed by atoms with E-state index in [1.807, 2.05) is 0 Å². The molecule has 1 fully saturated rings. The summed E-state index contributed by atoms with van der Waals surface area (Å²) in [5.74, 6) is 0.0827. The lowest BCUT2D eigenvalue weighted by Crippen LogP contribution is -2.23. The van der Waals surface area contributed by atoms with E-state index in [0.29, 0.717) is 16.9 Å². The van der Waals surface area contributed by atoms with Crippen molar-refractivity contribution in [2.45, 2.75) is 25.8 Å². The van der Waals surface area contributed by atoms with Crippen LogP contribution in [0.25, 0.3) is 0 Å². The molecule has 28 heavy (non-hydrogen) atoms. The highest BCUT2D eigenvalue weighted by molar-refractivity contribution is 6.32. The van der Waals surface area contributed by atoms with Crippen LogP contribution in [-0.2, 0) is 11.3 Å². The maximum atomic E-state index is 12.3. The molecule has 0 spiro atoms. The second-order valence-corrected chi connectivity index (χ2v) is 6.75. The highest BCUT2D eigenvalue weighted by atomic mass is 35.5. The highest BCUT2D eigenvalue weighted by Crippen LogP contribution is 2.30. The van der Waals surface area contributed by atoms with Crippen molar-refractivity contribution < 1.29 is 23.1 Å². The fraction of sp³-hybridized carbons (Fsp3) is 0.316. The van der Waals surface area contributed by atoms with Crippen molar-refractivity contribution in [3.8, 4) is 5.75 Å². The molecule has 0 aliphatic heterocycles. The summed E-state index contributed by atoms with van der Waals surface area (Å²) >= 11 is 6.01. The van der Waals surface area contributed by atoms with Crippen molar-refractivity contribution in [3.05, 3.63) is 52.7 Å². The number of aromatic nitrogens is 1. The average Bonchev–Trinajstić information content (AvgIpc) is 3.50. The largest absolute Gasteiger partial charge is 0.486 e. The summed E-state index contributed by atoms with van der Waals surface area (Å²) in [5.41, 5.74) is 1.03. The van der Waals surface area contributed by atoms with E-state index in [1.165, 1.54) is 30.5 Å². The van der Waals surface area contributed by atoms with E-state index in [-0.39, 0.29) is 35.0 Å². The molecule has 1 aromatic heterocycles. The zero-order valence-electron chi connectivity index (χ0n) is 14.8. The molecular weight excluding hydrogens is 392 g/mol. The normalized spacial score (nSPS) is 13.3. The van der Waals surface area contributed by atoms with E-state index < -0.39 is 13.0 Å². The van der Waals surface area contributed by atoms with Gasteiger partial charge in [0.15, 0.2) is 0 Å². The molecule has 148 valence electrons. The number of nitrogens with zero attached hydrogens (tertiary/aromatic N) is 1. The molecule has 6 nitrogen and oxygen atoms in total. The Kier molecular flexibility index (Phi) is 6.41. The number of carbonyl (C=O) groups excluding carboxylic acids is 2. The number of carbonyl (C=O) groups is 2. The van der Waals surface area contributed by atoms with E-state index in [9.17, 15) is 18.4 Å². The van der Waals surface area contributed by atoms with Crippen molar-refractivity contribution in [1.29, 1.82) is 0 Å². The van der Waals surface area contributed by atoms with Gasteiger partial charge in [-0.15, -0.1) is 0 Å². The smallest absolute Gasteiger partial charge is 0.272 e. The van der Waals surface area contributed by atoms with Gasteiger partial charge in [0.1, 0.15) is 18.2 Å². The number of alkyl halides is 2. The van der Waals surface area contributed by atoms with Gasteiger partial charge in [0.05, 0.1) is 5.02 Å². The summed E-state index contributed by atoms with van der Waals surface area (Å²) in [6, 6.07) is 7.68. The Morgan fingerprint density at radius 3 is 2.71 bits per heavy atom. The maximum absolute atomic E-state index is 12.3. The lowest BCUT2D eigenvalue weighted by molar-refractivity contribution is -0.117. The second-order valence-electron chi connectivity index (χ2n) is 6.34. The molecule has 0 saturated heterocycles. The van der Waals surface area contributed by atoms with Crippen molar-refractivity contribution in [1.82, 2.24) is 10.3 Å². The van der Waals surface area contributed by atoms with Crippen molar-refractivity contribution >= 4 is 29.2 Å². The molecule has 0 unspecified atom stereocenters. The first-order valence-corrected chi connectivity index (χ1v) is 9.04. The Balaban J connectivity index is 1.56. The molecule has 2 N–H and O–H groups in total. The SMILES string of the molecule is O=C(NCc1ccc(OCC(F)F)c(Cl)c1)c1ccnc(NC(=O)C2CC2)c1. The second kappa shape index (κ2) is 8.97. The molecular formula is C19H18ClF2N3O3. The Hall–Kier alpha value is -2.74. The number of nitrogens with one attached hydrogen (secondary N) is 2. The molecule has 3 rings (SSSR count). The van der Waals surface area contributed by atoms with Crippen LogP contribution in [0.15, 0.2) is 36.5 Å². The van der Waals surface area contributed by atoms with Crippen LogP contribution in [0.2, 0.25) is 5.02 Å². The van der Waals surface area contributed by atoms with Gasteiger partial charge in [-0.3, -0.25) is 9.59 Å². The third-order valence-corrected chi connectivity index (χ3v) is 4.33. The first kappa shape index (κ1) is 20.0. The first-order chi connectivity index (χ1) is 13.4. The van der Waals surface area contributed by atoms with Crippen LogP contribution in [0, 0.1) is 5.92 Å². The third-order valence-electron chi connectivity index (χ3n) is 4.04. The van der Waals surface area contributed by atoms with E-state index in [1.54, 1.807) is 6.07 Å². The number of hydrogen-bond donors (Lipinski definition) is 2. The molecule has 0 radical (unpaired) electrons. The lowest BCUT2D eigenvalue weighted by Gasteiger charge is -2.10. The molecule has 1 aromatic carbocycles. The molecule has 2 aromatic rings. The lowest BCUT2D eigenvalue weighted by atomic mass is 10.2. The minimum Gasteiger partial charge on any atom is -0.486 e. The van der Waals surface area contributed by atoms with Gasteiger partial charge in [-0.1, -0.05) is 17.7 Å². The average molecular weight is 410 g/mol. The molecule has 0 bridgehead atoms. The van der Waals surface area contributed by atoms with Gasteiger partial charge in [-0.05, 0) is 42.7 Å². The van der Waals surface area contributed by atoms with Gasteiger partial charge in [0.25, 0.3) is 12.3 Å². The molecule has 1 saturated carbocycles. The number of halogens is 3. The highest BCUT2D eigenvalue weighted by Gasteiger charge is 2.29. The van der Waals surface area contributed by atoms with Gasteiger partial charge in [0.2, 0.25) is 5.91 Å². The number of pyridine rings is 1. The number of amides is 2. The van der Waals surface area contributed by atoms with Crippen molar-refractivity contribution in [3.63, 3.8) is 0 Å². The van der Waals surface area contributed by atoms with Crippen LogP contribution in [-0.4, -0.2) is 29.8 Å². The van der Waals surface area contributed by atoms with E-state index in [4.69, 9.17) is 16.3 Å². The molecule has 1 aliphatic rings. The Morgan fingerprint density at radius 2 is 2.04 bits per heavy atom. The number of hydrogen-bond acceptors (Lipinski definition) is 4. The summed E-state index contributed by atoms with van der Waals surface area (Å²) in [7, 11) is 0. The number of anilines is 1. The summed E-state index contributed by atoms with van der Waals surface area (Å²) in [6.07, 6.45) is 0.610. The van der Waals surface area contributed by atoms with Gasteiger partial charge < -0.3 is 15.4 Å². The summed E-state index contributed by atoms with van der Waals surface area (Å²) in [5, 5.41) is 5.60. The fourth-order valence-corrected chi connectivity index (χ4v) is 2.68. The summed E-state index contributed by atoms with van der Waals surface area (Å²) < 4.78 is 29.3. The van der Waals surface area contributed by atoms with Crippen LogP contribution in [0.5, 0.6) is 5.75 Å². The molecule has 1 heterocycles. The van der Waals surface area contributed by atoms with E-state index in [0.717, 1.165) is 12.8 Å². The van der Waals surface area contributed by atoms with E-state index in [2.05, 4.69) is 15.6 Å². The predicted octanol–water partition coefficient (Wildman–Crippen LogP) is 3.66. The Morgan fingerprint density at radius 1 is 1.25 bits per heavy atom. The Labute approximate surface area is 165 Å². The van der Waals surface area contributed by atoms with Crippen LogP contribution < -0.4 is 15.4 Å². The van der Waals surface area contributed by atoms with Gasteiger partial charge in [-0.2, -0.15) is 0 Å². The molecule has 2 amide bonds. The van der Waals surface area contributed by atoms with Crippen molar-refractivity contribution in [2.75, 3.05) is 11.9 Å². The summed E-state index contributed by atoms with van der Waals surface area (Å²) in [6.45, 7) is -0.558. The molecule has 0 atom stereocenters. The van der Waals surface area contributed by atoms with Crippen molar-refractivity contribution in [2.24, 2.45) is 5.92 Å². The monoisotopic (exact) mass is 409 g/mol. The topological polar surface area (TPSA) is 80.3 Å². The minimum atomic E-state index is -2.59. The number of rotatable bonds is 8. The molecule has 1 aliphatic carbocycles. The first-order valence-electron chi connectivity index (χ1n) is 8.67. The number of ether oxygens (including phenoxy) is 1. The number of benzene rings is 1. The zero-order valence-corrected chi connectivity index (χ0v) is 15.5. The maximum Gasteiger partial charge on any atom is 0.272 e. The van der Waals surface area contributed by atoms with Crippen LogP contribution in [0.3, 0.4) is 0 Å². The van der Waals surface area contributed by atoms with Crippen LogP contribution in [0.1, 0.15) is 28.8 Å². The van der Waals surface area contributed by atoms with Gasteiger partial charge >= 0.3 is 0 Å². The van der Waals surface area contributed by atoms with Crippen LogP contribution in [0.4, 0.5) is 14.6 Å². The zero-order chi connectivity index (χ0) is 20.1. The molecule has 9 heteroatoms.